The zero-order valence-corrected chi connectivity index (χ0v) is 10.0. The molecule has 0 bridgehead atoms. The molecule has 1 heterocycles. The van der Waals surface area contributed by atoms with Crippen LogP contribution in [0.5, 0.6) is 5.75 Å². The van der Waals surface area contributed by atoms with Gasteiger partial charge in [0.05, 0.1) is 0 Å². The Morgan fingerprint density at radius 2 is 2.00 bits per heavy atom. The highest BCUT2D eigenvalue weighted by atomic mass is 32.1. The summed E-state index contributed by atoms with van der Waals surface area (Å²) in [6.45, 7) is -0.156. The van der Waals surface area contributed by atoms with E-state index in [1.807, 2.05) is 6.07 Å². The number of rotatable bonds is 5. The summed E-state index contributed by atoms with van der Waals surface area (Å²) in [6, 6.07) is 8.90. The molecule has 0 spiro atoms. The fourth-order valence-electron chi connectivity index (χ4n) is 1.23. The number of carboxylic acids is 1. The Labute approximate surface area is 107 Å². The van der Waals surface area contributed by atoms with Crippen molar-refractivity contribution < 1.29 is 19.4 Å². The number of aromatic nitrogens is 1. The van der Waals surface area contributed by atoms with Gasteiger partial charge in [-0.05, 0) is 12.1 Å². The first-order valence-electron chi connectivity index (χ1n) is 5.06. The van der Waals surface area contributed by atoms with Crippen molar-refractivity contribution in [1.82, 2.24) is 4.98 Å². The third-order valence-corrected chi connectivity index (χ3v) is 2.96. The number of thiazole rings is 1. The van der Waals surface area contributed by atoms with E-state index in [0.29, 0.717) is 5.75 Å². The first kappa shape index (κ1) is 12.3. The molecule has 0 aliphatic heterocycles. The van der Waals surface area contributed by atoms with Crippen molar-refractivity contribution >= 4 is 23.1 Å². The van der Waals surface area contributed by atoms with E-state index < -0.39 is 5.97 Å². The molecule has 0 amide bonds. The Morgan fingerprint density at radius 3 is 2.61 bits per heavy atom. The highest BCUT2D eigenvalue weighted by Gasteiger charge is 2.15. The van der Waals surface area contributed by atoms with Crippen molar-refractivity contribution in [2.75, 3.05) is 6.61 Å². The van der Waals surface area contributed by atoms with Gasteiger partial charge in [-0.3, -0.25) is 4.79 Å². The Kier molecular flexibility index (Phi) is 3.69. The molecule has 6 heteroatoms. The Balaban J connectivity index is 1.97. The molecule has 5 nitrogen and oxygen atoms in total. The van der Waals surface area contributed by atoms with Gasteiger partial charge in [-0.1, -0.05) is 18.2 Å². The molecule has 0 unspecified atom stereocenters. The van der Waals surface area contributed by atoms with E-state index in [1.165, 1.54) is 5.38 Å². The lowest BCUT2D eigenvalue weighted by molar-refractivity contribution is 0.0691. The van der Waals surface area contributed by atoms with Crippen molar-refractivity contribution in [1.29, 1.82) is 0 Å². The van der Waals surface area contributed by atoms with Crippen molar-refractivity contribution in [3.63, 3.8) is 0 Å². The van der Waals surface area contributed by atoms with Crippen LogP contribution in [0.3, 0.4) is 0 Å². The number of carbonyl (C=O) groups is 2. The number of Topliss-reactive ketones (excluding diaryl/α,β-unsaturated/α-hetero) is 1. The number of hydrogen-bond donors (Lipinski definition) is 1. The molecule has 18 heavy (non-hydrogen) atoms. The predicted octanol–water partition coefficient (Wildman–Crippen LogP) is 2.10. The van der Waals surface area contributed by atoms with E-state index in [4.69, 9.17) is 9.84 Å². The minimum Gasteiger partial charge on any atom is -0.485 e. The molecule has 0 radical (unpaired) electrons. The first-order valence-corrected chi connectivity index (χ1v) is 5.94. The van der Waals surface area contributed by atoms with Gasteiger partial charge in [-0.15, -0.1) is 11.3 Å². The van der Waals surface area contributed by atoms with Crippen LogP contribution >= 0.6 is 11.3 Å². The second-order valence-electron chi connectivity index (χ2n) is 3.37. The first-order chi connectivity index (χ1) is 8.66. The van der Waals surface area contributed by atoms with E-state index in [-0.39, 0.29) is 23.1 Å². The van der Waals surface area contributed by atoms with Gasteiger partial charge in [0.15, 0.2) is 17.3 Å². The molecule has 92 valence electrons. The molecule has 0 saturated heterocycles. The van der Waals surface area contributed by atoms with Crippen LogP contribution in [-0.4, -0.2) is 28.4 Å². The molecule has 2 rings (SSSR count). The standard InChI is InChI=1S/C12H9NO4S/c14-10(6-17-8-4-2-1-3-5-8)11-13-9(7-18-11)12(15)16/h1-5,7H,6H2,(H,15,16). The normalized spacial score (nSPS) is 10.0. The number of ether oxygens (including phenoxy) is 1. The van der Waals surface area contributed by atoms with Crippen LogP contribution in [0, 0.1) is 0 Å². The van der Waals surface area contributed by atoms with Gasteiger partial charge in [-0.25, -0.2) is 9.78 Å². The second-order valence-corrected chi connectivity index (χ2v) is 4.23. The topological polar surface area (TPSA) is 76.5 Å². The molecule has 0 fully saturated rings. The number of carbonyl (C=O) groups excluding carboxylic acids is 1. The number of aromatic carboxylic acids is 1. The summed E-state index contributed by atoms with van der Waals surface area (Å²) < 4.78 is 5.26. The lowest BCUT2D eigenvalue weighted by Crippen LogP contribution is -2.11. The average Bonchev–Trinajstić information content (AvgIpc) is 2.87. The zero-order chi connectivity index (χ0) is 13.0. The van der Waals surface area contributed by atoms with Crippen molar-refractivity contribution in [2.24, 2.45) is 0 Å². The smallest absolute Gasteiger partial charge is 0.355 e. The van der Waals surface area contributed by atoms with Gasteiger partial charge in [0.2, 0.25) is 5.78 Å². The molecule has 1 N–H and O–H groups in total. The Hall–Kier alpha value is -2.21. The van der Waals surface area contributed by atoms with Gasteiger partial charge in [0, 0.05) is 5.38 Å². The minimum atomic E-state index is -1.14. The fourth-order valence-corrected chi connectivity index (χ4v) is 1.95. The number of nitrogens with zero attached hydrogens (tertiary/aromatic N) is 1. The van der Waals surface area contributed by atoms with Gasteiger partial charge >= 0.3 is 5.97 Å². The van der Waals surface area contributed by atoms with Crippen LogP contribution < -0.4 is 4.74 Å². The zero-order valence-electron chi connectivity index (χ0n) is 9.20. The van der Waals surface area contributed by atoms with E-state index in [0.717, 1.165) is 11.3 Å². The quantitative estimate of drug-likeness (QED) is 0.836. The SMILES string of the molecule is O=C(O)c1csc(C(=O)COc2ccccc2)n1. The van der Waals surface area contributed by atoms with Gasteiger partial charge in [0.25, 0.3) is 0 Å². The molecule has 0 atom stereocenters. The molecule has 0 aliphatic rings. The predicted molar refractivity (Wildman–Crippen MR) is 65.3 cm³/mol. The molecular formula is C12H9NO4S. The lowest BCUT2D eigenvalue weighted by atomic mass is 10.3. The van der Waals surface area contributed by atoms with Gasteiger partial charge in [0.1, 0.15) is 5.75 Å². The number of benzene rings is 1. The van der Waals surface area contributed by atoms with Crippen LogP contribution in [0.15, 0.2) is 35.7 Å². The second kappa shape index (κ2) is 5.42. The minimum absolute atomic E-state index is 0.122. The maximum atomic E-state index is 11.7. The number of ketones is 1. The average molecular weight is 263 g/mol. The summed E-state index contributed by atoms with van der Waals surface area (Å²) >= 11 is 1.000. The summed E-state index contributed by atoms with van der Waals surface area (Å²) in [5.74, 6) is -0.897. The van der Waals surface area contributed by atoms with Crippen molar-refractivity contribution in [3.8, 4) is 5.75 Å². The lowest BCUT2D eigenvalue weighted by Gasteiger charge is -2.02. The van der Waals surface area contributed by atoms with Gasteiger partial charge < -0.3 is 9.84 Å². The van der Waals surface area contributed by atoms with E-state index in [2.05, 4.69) is 4.98 Å². The molecule has 0 saturated carbocycles. The molecule has 2 aromatic rings. The third kappa shape index (κ3) is 2.92. The maximum absolute atomic E-state index is 11.7. The summed E-state index contributed by atoms with van der Waals surface area (Å²) in [5, 5.41) is 10.2. The molecule has 0 aliphatic carbocycles. The third-order valence-electron chi connectivity index (χ3n) is 2.07. The van der Waals surface area contributed by atoms with Crippen LogP contribution in [0.4, 0.5) is 0 Å². The number of carboxylic acid groups (broad SMARTS) is 1. The summed E-state index contributed by atoms with van der Waals surface area (Å²) in [4.78, 5) is 26.0. The number of hydrogen-bond acceptors (Lipinski definition) is 5. The van der Waals surface area contributed by atoms with Crippen molar-refractivity contribution in [3.05, 3.63) is 46.4 Å². The monoisotopic (exact) mass is 263 g/mol. The van der Waals surface area contributed by atoms with E-state index in [9.17, 15) is 9.59 Å². The van der Waals surface area contributed by atoms with Crippen LogP contribution in [0.2, 0.25) is 0 Å². The van der Waals surface area contributed by atoms with E-state index >= 15 is 0 Å². The molecule has 1 aromatic heterocycles. The molecular weight excluding hydrogens is 254 g/mol. The summed E-state index contributed by atoms with van der Waals surface area (Å²) in [7, 11) is 0. The maximum Gasteiger partial charge on any atom is 0.355 e. The van der Waals surface area contributed by atoms with Crippen LogP contribution in [-0.2, 0) is 0 Å². The highest BCUT2D eigenvalue weighted by molar-refractivity contribution is 7.12. The Morgan fingerprint density at radius 1 is 1.28 bits per heavy atom. The summed E-state index contributed by atoms with van der Waals surface area (Å²) in [5.41, 5.74) is -0.122. The van der Waals surface area contributed by atoms with E-state index in [1.54, 1.807) is 24.3 Å². The van der Waals surface area contributed by atoms with Crippen LogP contribution in [0.1, 0.15) is 20.3 Å². The van der Waals surface area contributed by atoms with Gasteiger partial charge in [-0.2, -0.15) is 0 Å². The largest absolute Gasteiger partial charge is 0.485 e. The fraction of sp³-hybridized carbons (Fsp3) is 0.0833. The summed E-state index contributed by atoms with van der Waals surface area (Å²) in [6.07, 6.45) is 0. The Bertz CT molecular complexity index is 564. The highest BCUT2D eigenvalue weighted by Crippen LogP contribution is 2.13. The number of para-hydroxylation sites is 1. The van der Waals surface area contributed by atoms with Crippen LogP contribution in [0.25, 0.3) is 0 Å². The molecule has 1 aromatic carbocycles. The van der Waals surface area contributed by atoms with Crippen molar-refractivity contribution in [2.45, 2.75) is 0 Å².